The van der Waals surface area contributed by atoms with Crippen molar-refractivity contribution in [1.29, 1.82) is 0 Å². The van der Waals surface area contributed by atoms with Crippen LogP contribution in [-0.2, 0) is 18.9 Å². The van der Waals surface area contributed by atoms with Crippen LogP contribution in [-0.4, -0.2) is 65.3 Å². The number of carbonyl (C=O) groups is 1. The van der Waals surface area contributed by atoms with Gasteiger partial charge in [0, 0.05) is 18.9 Å². The predicted molar refractivity (Wildman–Crippen MR) is 98.4 cm³/mol. The Balaban J connectivity index is 1.90. The number of piperidine rings is 1. The summed E-state index contributed by atoms with van der Waals surface area (Å²) >= 11 is 6.38. The third-order valence-electron chi connectivity index (χ3n) is 6.19. The van der Waals surface area contributed by atoms with Crippen molar-refractivity contribution in [2.75, 3.05) is 19.5 Å². The molecule has 6 nitrogen and oxygen atoms in total. The summed E-state index contributed by atoms with van der Waals surface area (Å²) in [5, 5.41) is 0. The van der Waals surface area contributed by atoms with Gasteiger partial charge in [-0.25, -0.2) is 4.79 Å². The molecule has 2 heterocycles. The fourth-order valence-electron chi connectivity index (χ4n) is 4.25. The molecule has 0 aromatic carbocycles. The zero-order chi connectivity index (χ0) is 19.5. The van der Waals surface area contributed by atoms with Gasteiger partial charge in [-0.3, -0.25) is 4.90 Å². The fourth-order valence-corrected chi connectivity index (χ4v) is 4.71. The second-order valence-electron chi connectivity index (χ2n) is 9.35. The minimum atomic E-state index is -0.872. The molecular formula is C19H32ClNO5. The van der Waals surface area contributed by atoms with E-state index in [1.165, 1.54) is 0 Å². The molecule has 0 N–H and O–H groups in total. The molecule has 1 amide bonds. The van der Waals surface area contributed by atoms with Crippen molar-refractivity contribution < 1.29 is 23.7 Å². The number of amides is 1. The second-order valence-corrected chi connectivity index (χ2v) is 9.66. The van der Waals surface area contributed by atoms with Crippen LogP contribution in [0, 0.1) is 5.92 Å². The van der Waals surface area contributed by atoms with Gasteiger partial charge >= 0.3 is 6.09 Å². The smallest absolute Gasteiger partial charge is 0.410 e. The highest BCUT2D eigenvalue weighted by Crippen LogP contribution is 2.56. The van der Waals surface area contributed by atoms with Gasteiger partial charge in [-0.1, -0.05) is 0 Å². The van der Waals surface area contributed by atoms with Gasteiger partial charge in [0.15, 0.2) is 5.79 Å². The van der Waals surface area contributed by atoms with Crippen molar-refractivity contribution in [3.8, 4) is 0 Å². The Morgan fingerprint density at radius 3 is 2.31 bits per heavy atom. The molecule has 3 fully saturated rings. The van der Waals surface area contributed by atoms with Crippen molar-refractivity contribution in [2.24, 2.45) is 5.92 Å². The molecule has 7 heteroatoms. The van der Waals surface area contributed by atoms with Gasteiger partial charge < -0.3 is 18.9 Å². The number of rotatable bonds is 2. The van der Waals surface area contributed by atoms with E-state index in [4.69, 9.17) is 30.5 Å². The first kappa shape index (κ1) is 20.2. The van der Waals surface area contributed by atoms with Crippen LogP contribution in [0.25, 0.3) is 0 Å². The van der Waals surface area contributed by atoms with Crippen molar-refractivity contribution >= 4 is 17.7 Å². The number of methoxy groups -OCH3 is 1. The van der Waals surface area contributed by atoms with E-state index < -0.39 is 17.0 Å². The van der Waals surface area contributed by atoms with Crippen LogP contribution >= 0.6 is 11.6 Å². The maximum atomic E-state index is 12.9. The second kappa shape index (κ2) is 6.23. The Morgan fingerprint density at radius 1 is 1.23 bits per heavy atom. The van der Waals surface area contributed by atoms with E-state index in [0.717, 1.165) is 12.8 Å². The quantitative estimate of drug-likeness (QED) is 0.676. The number of nitrogens with zero attached hydrogens (tertiary/aromatic N) is 1. The van der Waals surface area contributed by atoms with Crippen molar-refractivity contribution in [2.45, 2.75) is 89.1 Å². The number of alkyl halides is 1. The first-order chi connectivity index (χ1) is 11.9. The van der Waals surface area contributed by atoms with Gasteiger partial charge in [-0.05, 0) is 54.4 Å². The minimum absolute atomic E-state index is 0.0268. The number of hydrogen-bond acceptors (Lipinski definition) is 5. The van der Waals surface area contributed by atoms with Crippen molar-refractivity contribution in [3.05, 3.63) is 0 Å². The predicted octanol–water partition coefficient (Wildman–Crippen LogP) is 3.55. The summed E-state index contributed by atoms with van der Waals surface area (Å²) in [6, 6.07) is 0. The SMILES string of the molecule is CO[C@@]1(C)O[C@@H]2[C@@H](CCl)C3(CC3)N(C(=O)OC(C)(C)C)C[C@H]2OC1(C)C. The molecule has 1 saturated carbocycles. The molecule has 150 valence electrons. The number of hydrogen-bond donors (Lipinski definition) is 0. The summed E-state index contributed by atoms with van der Waals surface area (Å²) in [4.78, 5) is 14.7. The lowest BCUT2D eigenvalue weighted by atomic mass is 9.81. The average molecular weight is 390 g/mol. The number of fused-ring (bicyclic) bond motifs is 1. The van der Waals surface area contributed by atoms with E-state index in [9.17, 15) is 4.79 Å². The van der Waals surface area contributed by atoms with Crippen LogP contribution in [0.5, 0.6) is 0 Å². The van der Waals surface area contributed by atoms with E-state index in [1.807, 2.05) is 46.4 Å². The van der Waals surface area contributed by atoms with E-state index >= 15 is 0 Å². The van der Waals surface area contributed by atoms with Gasteiger partial charge in [-0.2, -0.15) is 0 Å². The maximum Gasteiger partial charge on any atom is 0.410 e. The average Bonchev–Trinajstić information content (AvgIpc) is 3.28. The van der Waals surface area contributed by atoms with Gasteiger partial charge in [0.2, 0.25) is 0 Å². The molecule has 0 aromatic rings. The lowest BCUT2D eigenvalue weighted by molar-refractivity contribution is -0.396. The van der Waals surface area contributed by atoms with Crippen LogP contribution in [0.2, 0.25) is 0 Å². The zero-order valence-corrected chi connectivity index (χ0v) is 17.7. The van der Waals surface area contributed by atoms with Gasteiger partial charge in [0.05, 0.1) is 18.2 Å². The van der Waals surface area contributed by atoms with Crippen LogP contribution < -0.4 is 0 Å². The molecular weight excluding hydrogens is 358 g/mol. The third kappa shape index (κ3) is 3.13. The van der Waals surface area contributed by atoms with E-state index in [-0.39, 0.29) is 29.8 Å². The van der Waals surface area contributed by atoms with E-state index in [2.05, 4.69) is 0 Å². The normalized spacial score (nSPS) is 38.0. The highest BCUT2D eigenvalue weighted by atomic mass is 35.5. The Labute approximate surface area is 161 Å². The Bertz CT molecular complexity index is 571. The van der Waals surface area contributed by atoms with Crippen molar-refractivity contribution in [3.63, 3.8) is 0 Å². The van der Waals surface area contributed by atoms with E-state index in [0.29, 0.717) is 12.4 Å². The van der Waals surface area contributed by atoms with Crippen LogP contribution in [0.4, 0.5) is 4.79 Å². The minimum Gasteiger partial charge on any atom is -0.444 e. The fraction of sp³-hybridized carbons (Fsp3) is 0.947. The number of carbonyl (C=O) groups excluding carboxylic acids is 1. The number of likely N-dealkylation sites (tertiary alicyclic amines) is 1. The van der Waals surface area contributed by atoms with Gasteiger partial charge in [0.1, 0.15) is 17.3 Å². The summed E-state index contributed by atoms with van der Waals surface area (Å²) in [6.07, 6.45) is 1.03. The monoisotopic (exact) mass is 389 g/mol. The summed E-state index contributed by atoms with van der Waals surface area (Å²) in [5.74, 6) is -0.506. The van der Waals surface area contributed by atoms with Crippen LogP contribution in [0.1, 0.15) is 54.4 Å². The highest BCUT2D eigenvalue weighted by molar-refractivity contribution is 6.18. The van der Waals surface area contributed by atoms with Crippen molar-refractivity contribution in [1.82, 2.24) is 4.90 Å². The van der Waals surface area contributed by atoms with Gasteiger partial charge in [-0.15, -0.1) is 11.6 Å². The van der Waals surface area contributed by atoms with E-state index in [1.54, 1.807) is 7.11 Å². The molecule has 1 aliphatic carbocycles. The molecule has 26 heavy (non-hydrogen) atoms. The molecule has 4 atom stereocenters. The first-order valence-electron chi connectivity index (χ1n) is 9.36. The highest BCUT2D eigenvalue weighted by Gasteiger charge is 2.67. The topological polar surface area (TPSA) is 57.2 Å². The summed E-state index contributed by atoms with van der Waals surface area (Å²) in [7, 11) is 1.63. The molecule has 0 bridgehead atoms. The molecule has 1 spiro atoms. The van der Waals surface area contributed by atoms with Crippen LogP contribution in [0.15, 0.2) is 0 Å². The van der Waals surface area contributed by atoms with Crippen LogP contribution in [0.3, 0.4) is 0 Å². The Kier molecular flexibility index (Phi) is 4.83. The molecule has 0 aromatic heterocycles. The van der Waals surface area contributed by atoms with Gasteiger partial charge in [0.25, 0.3) is 0 Å². The molecule has 2 saturated heterocycles. The molecule has 0 radical (unpaired) electrons. The Hall–Kier alpha value is -0.560. The Morgan fingerprint density at radius 2 is 1.85 bits per heavy atom. The lowest BCUT2D eigenvalue weighted by Gasteiger charge is -2.58. The first-order valence-corrected chi connectivity index (χ1v) is 9.90. The zero-order valence-electron chi connectivity index (χ0n) is 16.9. The molecule has 0 unspecified atom stereocenters. The number of ether oxygens (including phenoxy) is 4. The third-order valence-corrected chi connectivity index (χ3v) is 6.52. The standard InChI is InChI=1S/C19H32ClNO5/c1-16(2,3)26-15(22)21-11-13-14(12(10-20)19(21)8-9-19)25-18(6,23-7)17(4,5)24-13/h12-14H,8-11H2,1-7H3/t12-,13-,14-,18+/m1/s1. The summed E-state index contributed by atoms with van der Waals surface area (Å²) in [6.45, 7) is 11.9. The lowest BCUT2D eigenvalue weighted by Crippen LogP contribution is -2.72. The molecule has 3 rings (SSSR count). The summed E-state index contributed by atoms with van der Waals surface area (Å²) in [5.41, 5.74) is -1.50. The largest absolute Gasteiger partial charge is 0.444 e. The number of halogens is 1. The molecule has 2 aliphatic heterocycles. The summed E-state index contributed by atoms with van der Waals surface area (Å²) < 4.78 is 24.2. The maximum absolute atomic E-state index is 12.9. The molecule has 3 aliphatic rings.